The molecule has 1 fully saturated rings. The number of likely N-dealkylation sites (N-methyl/N-ethyl adjacent to an activating group) is 1. The Morgan fingerprint density at radius 2 is 1.79 bits per heavy atom. The first-order valence-corrected chi connectivity index (χ1v) is 9.95. The summed E-state index contributed by atoms with van der Waals surface area (Å²) in [5, 5.41) is 6.50. The van der Waals surface area contributed by atoms with E-state index in [1.54, 1.807) is 7.05 Å². The lowest BCUT2D eigenvalue weighted by molar-refractivity contribution is -0.122. The minimum absolute atomic E-state index is 0.0251. The Balaban J connectivity index is 1.65. The van der Waals surface area contributed by atoms with Crippen LogP contribution in [-0.2, 0) is 4.79 Å². The van der Waals surface area contributed by atoms with Crippen molar-refractivity contribution in [3.8, 4) is 5.69 Å². The SMILES string of the molecule is CNC(=O)CN1CCC(NC(=O)c2cc(C)n(-c3ccc(Cl)cc3)c2C)CC1. The highest BCUT2D eigenvalue weighted by Crippen LogP contribution is 2.22. The summed E-state index contributed by atoms with van der Waals surface area (Å²) in [6.07, 6.45) is 1.69. The van der Waals surface area contributed by atoms with Crippen LogP contribution in [0.2, 0.25) is 5.02 Å². The summed E-state index contributed by atoms with van der Waals surface area (Å²) in [5.74, 6) is -0.0183. The lowest BCUT2D eigenvalue weighted by Crippen LogP contribution is -2.47. The smallest absolute Gasteiger partial charge is 0.253 e. The van der Waals surface area contributed by atoms with Crippen LogP contribution in [0.25, 0.3) is 5.69 Å². The number of carbonyl (C=O) groups excluding carboxylic acids is 2. The van der Waals surface area contributed by atoms with Crippen molar-refractivity contribution in [1.82, 2.24) is 20.1 Å². The molecule has 0 aliphatic carbocycles. The van der Waals surface area contributed by atoms with Gasteiger partial charge in [-0.15, -0.1) is 0 Å². The van der Waals surface area contributed by atoms with E-state index in [4.69, 9.17) is 11.6 Å². The van der Waals surface area contributed by atoms with Gasteiger partial charge in [-0.1, -0.05) is 11.6 Å². The maximum Gasteiger partial charge on any atom is 0.253 e. The molecule has 2 N–H and O–H groups in total. The van der Waals surface area contributed by atoms with E-state index in [1.165, 1.54) is 0 Å². The molecule has 28 heavy (non-hydrogen) atoms. The molecule has 7 heteroatoms. The first-order valence-electron chi connectivity index (χ1n) is 9.57. The highest BCUT2D eigenvalue weighted by atomic mass is 35.5. The van der Waals surface area contributed by atoms with Gasteiger partial charge in [0, 0.05) is 48.3 Å². The molecule has 0 atom stereocenters. The number of benzene rings is 1. The minimum atomic E-state index is -0.0435. The van der Waals surface area contributed by atoms with Crippen molar-refractivity contribution < 1.29 is 9.59 Å². The Bertz CT molecular complexity index is 852. The predicted molar refractivity (Wildman–Crippen MR) is 111 cm³/mol. The van der Waals surface area contributed by atoms with E-state index in [1.807, 2.05) is 44.2 Å². The molecule has 0 saturated carbocycles. The maximum atomic E-state index is 12.9. The molecule has 0 bridgehead atoms. The van der Waals surface area contributed by atoms with Crippen molar-refractivity contribution in [3.05, 3.63) is 52.3 Å². The summed E-state index contributed by atoms with van der Waals surface area (Å²) in [6.45, 7) is 5.99. The van der Waals surface area contributed by atoms with Gasteiger partial charge in [-0.25, -0.2) is 0 Å². The van der Waals surface area contributed by atoms with Gasteiger partial charge in [0.25, 0.3) is 5.91 Å². The Hall–Kier alpha value is -2.31. The van der Waals surface area contributed by atoms with Crippen LogP contribution >= 0.6 is 11.6 Å². The summed E-state index contributed by atoms with van der Waals surface area (Å²) in [6, 6.07) is 9.66. The molecule has 0 spiro atoms. The second-order valence-electron chi connectivity index (χ2n) is 7.29. The largest absolute Gasteiger partial charge is 0.358 e. The van der Waals surface area contributed by atoms with Crippen LogP contribution in [0.15, 0.2) is 30.3 Å². The Kier molecular flexibility index (Phi) is 6.42. The molecule has 6 nitrogen and oxygen atoms in total. The van der Waals surface area contributed by atoms with Crippen LogP contribution < -0.4 is 10.6 Å². The van der Waals surface area contributed by atoms with Gasteiger partial charge in [0.2, 0.25) is 5.91 Å². The van der Waals surface area contributed by atoms with Crippen LogP contribution in [0.1, 0.15) is 34.6 Å². The Morgan fingerprint density at radius 1 is 1.14 bits per heavy atom. The molecule has 150 valence electrons. The fourth-order valence-corrected chi connectivity index (χ4v) is 3.89. The van der Waals surface area contributed by atoms with Gasteiger partial charge in [0.05, 0.1) is 12.1 Å². The molecule has 2 amide bonds. The summed E-state index contributed by atoms with van der Waals surface area (Å²) in [7, 11) is 1.65. The lowest BCUT2D eigenvalue weighted by atomic mass is 10.0. The molecule has 0 unspecified atom stereocenters. The number of hydrogen-bond donors (Lipinski definition) is 2. The van der Waals surface area contributed by atoms with E-state index < -0.39 is 0 Å². The molecule has 1 aromatic heterocycles. The number of carbonyl (C=O) groups is 2. The highest BCUT2D eigenvalue weighted by Gasteiger charge is 2.24. The van der Waals surface area contributed by atoms with E-state index in [9.17, 15) is 9.59 Å². The summed E-state index contributed by atoms with van der Waals surface area (Å²) in [5.41, 5.74) is 3.60. The molecule has 1 saturated heterocycles. The fourth-order valence-electron chi connectivity index (χ4n) is 3.76. The number of aromatic nitrogens is 1. The normalized spacial score (nSPS) is 15.4. The van der Waals surface area contributed by atoms with Crippen LogP contribution in [-0.4, -0.2) is 54.0 Å². The van der Waals surface area contributed by atoms with Crippen molar-refractivity contribution >= 4 is 23.4 Å². The first kappa shape index (κ1) is 20.4. The third-order valence-corrected chi connectivity index (χ3v) is 5.58. The fraction of sp³-hybridized carbons (Fsp3) is 0.429. The van der Waals surface area contributed by atoms with Crippen LogP contribution in [0.3, 0.4) is 0 Å². The molecule has 2 heterocycles. The molecule has 3 rings (SSSR count). The van der Waals surface area contributed by atoms with Crippen LogP contribution in [0.5, 0.6) is 0 Å². The monoisotopic (exact) mass is 402 g/mol. The topological polar surface area (TPSA) is 66.4 Å². The Labute approximate surface area is 170 Å². The third kappa shape index (κ3) is 4.56. The predicted octanol–water partition coefficient (Wildman–Crippen LogP) is 2.69. The number of likely N-dealkylation sites (tertiary alicyclic amines) is 1. The van der Waals surface area contributed by atoms with Crippen LogP contribution in [0.4, 0.5) is 0 Å². The van der Waals surface area contributed by atoms with Crippen LogP contribution in [0, 0.1) is 13.8 Å². The van der Waals surface area contributed by atoms with Gasteiger partial charge in [-0.3, -0.25) is 14.5 Å². The average Bonchev–Trinajstić information content (AvgIpc) is 2.98. The molecule has 2 aromatic rings. The zero-order valence-electron chi connectivity index (χ0n) is 16.6. The molecule has 0 radical (unpaired) electrons. The highest BCUT2D eigenvalue weighted by molar-refractivity contribution is 6.30. The van der Waals surface area contributed by atoms with E-state index in [2.05, 4.69) is 20.1 Å². The molecular weight excluding hydrogens is 376 g/mol. The average molecular weight is 403 g/mol. The van der Waals surface area contributed by atoms with Crippen molar-refractivity contribution in [2.24, 2.45) is 0 Å². The number of halogens is 1. The van der Waals surface area contributed by atoms with Crippen molar-refractivity contribution in [2.45, 2.75) is 32.7 Å². The maximum absolute atomic E-state index is 12.9. The second kappa shape index (κ2) is 8.80. The van der Waals surface area contributed by atoms with Crippen molar-refractivity contribution in [3.63, 3.8) is 0 Å². The van der Waals surface area contributed by atoms with Crippen molar-refractivity contribution in [1.29, 1.82) is 0 Å². The molecule has 1 aliphatic heterocycles. The minimum Gasteiger partial charge on any atom is -0.358 e. The summed E-state index contributed by atoms with van der Waals surface area (Å²) in [4.78, 5) is 26.5. The third-order valence-electron chi connectivity index (χ3n) is 5.33. The number of hydrogen-bond acceptors (Lipinski definition) is 3. The zero-order chi connectivity index (χ0) is 20.3. The summed E-state index contributed by atoms with van der Waals surface area (Å²) >= 11 is 5.99. The second-order valence-corrected chi connectivity index (χ2v) is 7.73. The van der Waals surface area contributed by atoms with E-state index in [-0.39, 0.29) is 17.9 Å². The number of nitrogens with one attached hydrogen (secondary N) is 2. The standard InChI is InChI=1S/C21H27ClN4O2/c1-14-12-19(15(2)26(14)18-6-4-16(22)5-7-18)21(28)24-17-8-10-25(11-9-17)13-20(27)23-3/h4-7,12,17H,8-11,13H2,1-3H3,(H,23,27)(H,24,28). The number of aryl methyl sites for hydroxylation is 1. The van der Waals surface area contributed by atoms with Gasteiger partial charge >= 0.3 is 0 Å². The number of rotatable bonds is 5. The van der Waals surface area contributed by atoms with Gasteiger partial charge in [0.15, 0.2) is 0 Å². The van der Waals surface area contributed by atoms with E-state index >= 15 is 0 Å². The molecule has 1 aliphatic rings. The zero-order valence-corrected chi connectivity index (χ0v) is 17.3. The molecular formula is C21H27ClN4O2. The Morgan fingerprint density at radius 3 is 2.39 bits per heavy atom. The number of amides is 2. The summed E-state index contributed by atoms with van der Waals surface area (Å²) < 4.78 is 2.07. The molecule has 1 aromatic carbocycles. The van der Waals surface area contributed by atoms with Gasteiger partial charge in [-0.2, -0.15) is 0 Å². The quantitative estimate of drug-likeness (QED) is 0.808. The van der Waals surface area contributed by atoms with Gasteiger partial charge in [-0.05, 0) is 57.0 Å². The lowest BCUT2D eigenvalue weighted by Gasteiger charge is -2.31. The first-order chi connectivity index (χ1) is 13.4. The van der Waals surface area contributed by atoms with E-state index in [0.717, 1.165) is 43.0 Å². The van der Waals surface area contributed by atoms with Gasteiger partial charge in [0.1, 0.15) is 0 Å². The van der Waals surface area contributed by atoms with E-state index in [0.29, 0.717) is 17.1 Å². The van der Waals surface area contributed by atoms with Gasteiger partial charge < -0.3 is 15.2 Å². The van der Waals surface area contributed by atoms with Crippen molar-refractivity contribution in [2.75, 3.05) is 26.7 Å². The number of piperidine rings is 1. The number of nitrogens with zero attached hydrogens (tertiary/aromatic N) is 2.